The van der Waals surface area contributed by atoms with Crippen molar-refractivity contribution in [1.29, 1.82) is 5.26 Å². The normalized spacial score (nSPS) is 31.5. The van der Waals surface area contributed by atoms with Crippen LogP contribution in [0.2, 0.25) is 0 Å². The molecule has 0 radical (unpaired) electrons. The molecule has 0 aliphatic heterocycles. The summed E-state index contributed by atoms with van der Waals surface area (Å²) in [5.74, 6) is 0.810. The van der Waals surface area contributed by atoms with E-state index in [-0.39, 0.29) is 5.54 Å². The Morgan fingerprint density at radius 1 is 1.53 bits per heavy atom. The molecule has 0 heterocycles. The van der Waals surface area contributed by atoms with Gasteiger partial charge in [-0.2, -0.15) is 5.26 Å². The van der Waals surface area contributed by atoms with Gasteiger partial charge in [0.15, 0.2) is 0 Å². The summed E-state index contributed by atoms with van der Waals surface area (Å²) in [6.07, 6.45) is 5.17. The van der Waals surface area contributed by atoms with Crippen molar-refractivity contribution >= 4 is 0 Å². The Morgan fingerprint density at radius 2 is 2.27 bits per heavy atom. The van der Waals surface area contributed by atoms with Crippen LogP contribution in [0.5, 0.6) is 0 Å². The highest BCUT2D eigenvalue weighted by molar-refractivity contribution is 4.95. The minimum absolute atomic E-state index is 0.272. The van der Waals surface area contributed by atoms with Crippen LogP contribution < -0.4 is 5.32 Å². The first kappa shape index (κ1) is 12.5. The van der Waals surface area contributed by atoms with Crippen molar-refractivity contribution in [3.05, 3.63) is 0 Å². The summed E-state index contributed by atoms with van der Waals surface area (Å²) in [5.41, 5.74) is 0.272. The van der Waals surface area contributed by atoms with Gasteiger partial charge < -0.3 is 10.2 Å². The molecule has 2 atom stereocenters. The molecule has 15 heavy (non-hydrogen) atoms. The first-order valence-corrected chi connectivity index (χ1v) is 5.86. The number of nitrogens with one attached hydrogen (secondary N) is 1. The molecule has 86 valence electrons. The summed E-state index contributed by atoms with van der Waals surface area (Å²) in [4.78, 5) is 2.34. The van der Waals surface area contributed by atoms with Gasteiger partial charge in [0.05, 0.1) is 12.6 Å². The highest BCUT2D eigenvalue weighted by Crippen LogP contribution is 2.35. The molecule has 0 aromatic carbocycles. The first-order valence-electron chi connectivity index (χ1n) is 5.86. The van der Waals surface area contributed by atoms with E-state index < -0.39 is 0 Å². The third-order valence-corrected chi connectivity index (χ3v) is 3.67. The lowest BCUT2D eigenvalue weighted by atomic mass is 9.75. The third-order valence-electron chi connectivity index (χ3n) is 3.67. The van der Waals surface area contributed by atoms with Crippen molar-refractivity contribution in [1.82, 2.24) is 10.2 Å². The predicted molar refractivity (Wildman–Crippen MR) is 62.5 cm³/mol. The average Bonchev–Trinajstić information content (AvgIpc) is 2.18. The summed E-state index contributed by atoms with van der Waals surface area (Å²) in [6.45, 7) is 3.74. The average molecular weight is 209 g/mol. The number of rotatable bonds is 4. The molecular weight excluding hydrogens is 186 g/mol. The maximum atomic E-state index is 8.54. The van der Waals surface area contributed by atoms with Gasteiger partial charge in [-0.1, -0.05) is 19.8 Å². The maximum absolute atomic E-state index is 8.54. The second kappa shape index (κ2) is 5.48. The Kier molecular flexibility index (Phi) is 4.56. The molecule has 1 N–H and O–H groups in total. The van der Waals surface area contributed by atoms with Crippen LogP contribution >= 0.6 is 0 Å². The van der Waals surface area contributed by atoms with Gasteiger partial charge in [-0.3, -0.25) is 0 Å². The molecule has 0 spiro atoms. The van der Waals surface area contributed by atoms with Crippen molar-refractivity contribution in [3.8, 4) is 6.07 Å². The highest BCUT2D eigenvalue weighted by Gasteiger charge is 2.36. The first-order chi connectivity index (χ1) is 7.10. The number of nitrogens with zero attached hydrogens (tertiary/aromatic N) is 2. The van der Waals surface area contributed by atoms with Crippen molar-refractivity contribution in [3.63, 3.8) is 0 Å². The Balaban J connectivity index is 2.57. The second-order valence-electron chi connectivity index (χ2n) is 5.08. The monoisotopic (exact) mass is 209 g/mol. The zero-order valence-corrected chi connectivity index (χ0v) is 10.2. The number of nitriles is 1. The minimum Gasteiger partial charge on any atom is -0.303 e. The van der Waals surface area contributed by atoms with Gasteiger partial charge >= 0.3 is 0 Å². The molecule has 1 rings (SSSR count). The van der Waals surface area contributed by atoms with Gasteiger partial charge in [0.1, 0.15) is 0 Å². The molecule has 1 aliphatic rings. The number of hydrogen-bond donors (Lipinski definition) is 1. The standard InChI is InChI=1S/C12H23N3/c1-11-5-4-6-12(9-11,15(2)3)10-14-8-7-13/h11,14H,4-6,8-10H2,1-3H3. The maximum Gasteiger partial charge on any atom is 0.0841 e. The van der Waals surface area contributed by atoms with Crippen molar-refractivity contribution < 1.29 is 0 Å². The fourth-order valence-electron chi connectivity index (χ4n) is 2.71. The van der Waals surface area contributed by atoms with Crippen LogP contribution in [0.15, 0.2) is 0 Å². The fraction of sp³-hybridized carbons (Fsp3) is 0.917. The van der Waals surface area contributed by atoms with Crippen molar-refractivity contribution in [2.24, 2.45) is 5.92 Å². The Hall–Kier alpha value is -0.590. The van der Waals surface area contributed by atoms with Gasteiger partial charge in [0.2, 0.25) is 0 Å². The Labute approximate surface area is 93.5 Å². The second-order valence-corrected chi connectivity index (χ2v) is 5.08. The topological polar surface area (TPSA) is 39.1 Å². The van der Waals surface area contributed by atoms with E-state index in [9.17, 15) is 0 Å². The van der Waals surface area contributed by atoms with Crippen LogP contribution in [0.1, 0.15) is 32.6 Å². The van der Waals surface area contributed by atoms with Gasteiger partial charge in [-0.05, 0) is 32.9 Å². The molecule has 3 nitrogen and oxygen atoms in total. The molecule has 1 saturated carbocycles. The van der Waals surface area contributed by atoms with Crippen molar-refractivity contribution in [2.75, 3.05) is 27.2 Å². The quantitative estimate of drug-likeness (QED) is 0.565. The summed E-state index contributed by atoms with van der Waals surface area (Å²) < 4.78 is 0. The molecule has 0 amide bonds. The lowest BCUT2D eigenvalue weighted by Crippen LogP contribution is -2.54. The lowest BCUT2D eigenvalue weighted by molar-refractivity contribution is 0.0764. The number of hydrogen-bond acceptors (Lipinski definition) is 3. The van der Waals surface area contributed by atoms with Crippen LogP contribution in [0.25, 0.3) is 0 Å². The van der Waals surface area contributed by atoms with Gasteiger partial charge in [-0.25, -0.2) is 0 Å². The molecular formula is C12H23N3. The Morgan fingerprint density at radius 3 is 2.80 bits per heavy atom. The van der Waals surface area contributed by atoms with E-state index in [0.717, 1.165) is 12.5 Å². The van der Waals surface area contributed by atoms with E-state index in [4.69, 9.17) is 5.26 Å². The van der Waals surface area contributed by atoms with E-state index in [2.05, 4.69) is 37.3 Å². The van der Waals surface area contributed by atoms with Crippen molar-refractivity contribution in [2.45, 2.75) is 38.1 Å². The van der Waals surface area contributed by atoms with Crippen LogP contribution in [-0.4, -0.2) is 37.6 Å². The van der Waals surface area contributed by atoms with Crippen LogP contribution in [-0.2, 0) is 0 Å². The molecule has 0 aromatic heterocycles. The number of likely N-dealkylation sites (N-methyl/N-ethyl adjacent to an activating group) is 1. The lowest BCUT2D eigenvalue weighted by Gasteiger charge is -2.45. The van der Waals surface area contributed by atoms with E-state index in [0.29, 0.717) is 6.54 Å². The summed E-state index contributed by atoms with van der Waals surface area (Å²) in [6, 6.07) is 2.15. The Bertz CT molecular complexity index is 232. The van der Waals surface area contributed by atoms with E-state index >= 15 is 0 Å². The molecule has 1 aliphatic carbocycles. The highest BCUT2D eigenvalue weighted by atomic mass is 15.2. The van der Waals surface area contributed by atoms with Crippen LogP contribution in [0.4, 0.5) is 0 Å². The molecule has 0 bridgehead atoms. The van der Waals surface area contributed by atoms with E-state index in [1.807, 2.05) is 0 Å². The predicted octanol–water partition coefficient (Wildman–Crippen LogP) is 1.61. The van der Waals surface area contributed by atoms with E-state index in [1.165, 1.54) is 25.7 Å². The largest absolute Gasteiger partial charge is 0.303 e. The molecule has 2 unspecified atom stereocenters. The van der Waals surface area contributed by atoms with Gasteiger partial charge in [0.25, 0.3) is 0 Å². The molecule has 0 aromatic rings. The van der Waals surface area contributed by atoms with E-state index in [1.54, 1.807) is 0 Å². The fourth-order valence-corrected chi connectivity index (χ4v) is 2.71. The molecule has 0 saturated heterocycles. The SMILES string of the molecule is CC1CCCC(CNCC#N)(N(C)C)C1. The molecule has 1 fully saturated rings. The van der Waals surface area contributed by atoms with Gasteiger partial charge in [-0.15, -0.1) is 0 Å². The summed E-state index contributed by atoms with van der Waals surface area (Å²) in [5, 5.41) is 11.8. The van der Waals surface area contributed by atoms with Crippen LogP contribution in [0, 0.1) is 17.2 Å². The third kappa shape index (κ3) is 3.19. The minimum atomic E-state index is 0.272. The summed E-state index contributed by atoms with van der Waals surface area (Å²) >= 11 is 0. The molecule has 3 heteroatoms. The zero-order valence-electron chi connectivity index (χ0n) is 10.2. The smallest absolute Gasteiger partial charge is 0.0841 e. The zero-order chi connectivity index (χ0) is 11.3. The van der Waals surface area contributed by atoms with Crippen LogP contribution in [0.3, 0.4) is 0 Å². The summed E-state index contributed by atoms with van der Waals surface area (Å²) in [7, 11) is 4.32. The van der Waals surface area contributed by atoms with Gasteiger partial charge in [0, 0.05) is 12.1 Å².